The average Bonchev–Trinajstić information content (AvgIpc) is 2.96. The Balaban J connectivity index is 1.76. The molecule has 3 atom stereocenters. The SMILES string of the molecule is CC[C@@H](C)Oc1cc2c(cc1OC)CC(=O)N(c1ccc(C(C)N(CCN(C)C)C(C)=O)cc1)C2c1ccc(Cl)cc1. The molecule has 1 heterocycles. The average molecular weight is 592 g/mol. The van der Waals surface area contributed by atoms with Crippen molar-refractivity contribution < 1.29 is 19.1 Å². The van der Waals surface area contributed by atoms with Crippen LogP contribution in [0.4, 0.5) is 5.69 Å². The number of methoxy groups -OCH3 is 1. The number of carbonyl (C=O) groups is 2. The molecule has 0 saturated carbocycles. The summed E-state index contributed by atoms with van der Waals surface area (Å²) >= 11 is 6.26. The zero-order valence-electron chi connectivity index (χ0n) is 25.7. The van der Waals surface area contributed by atoms with Gasteiger partial charge in [-0.05, 0) is 93.0 Å². The van der Waals surface area contributed by atoms with Crippen LogP contribution in [-0.2, 0) is 16.0 Å². The lowest BCUT2D eigenvalue weighted by Gasteiger charge is -2.38. The Morgan fingerprint density at radius 3 is 2.26 bits per heavy atom. The van der Waals surface area contributed by atoms with E-state index in [1.54, 1.807) is 14.0 Å². The molecule has 0 aliphatic carbocycles. The van der Waals surface area contributed by atoms with E-state index in [2.05, 4.69) is 11.8 Å². The molecule has 1 aliphatic heterocycles. The lowest BCUT2D eigenvalue weighted by Crippen LogP contribution is -2.41. The van der Waals surface area contributed by atoms with Gasteiger partial charge in [-0.25, -0.2) is 0 Å². The Morgan fingerprint density at radius 2 is 1.69 bits per heavy atom. The van der Waals surface area contributed by atoms with Gasteiger partial charge in [0.05, 0.1) is 31.7 Å². The van der Waals surface area contributed by atoms with Gasteiger partial charge < -0.3 is 24.2 Å². The van der Waals surface area contributed by atoms with E-state index in [0.29, 0.717) is 23.1 Å². The van der Waals surface area contributed by atoms with Crippen molar-refractivity contribution >= 4 is 29.1 Å². The lowest BCUT2D eigenvalue weighted by molar-refractivity contribution is -0.131. The maximum Gasteiger partial charge on any atom is 0.232 e. The maximum absolute atomic E-state index is 13.9. The number of fused-ring (bicyclic) bond motifs is 1. The normalized spacial score (nSPS) is 16.2. The van der Waals surface area contributed by atoms with Gasteiger partial charge in [0.15, 0.2) is 11.5 Å². The number of anilines is 1. The first-order valence-corrected chi connectivity index (χ1v) is 14.9. The minimum atomic E-state index is -0.388. The highest BCUT2D eigenvalue weighted by atomic mass is 35.5. The second-order valence-corrected chi connectivity index (χ2v) is 11.7. The minimum absolute atomic E-state index is 0.00841. The predicted octanol–water partition coefficient (Wildman–Crippen LogP) is 6.68. The standard InChI is InChI=1S/C34H42ClN3O4/c1-8-22(2)42-32-21-30-27(19-31(32)41-7)20-33(40)38(34(30)26-9-13-28(35)14-10-26)29-15-11-25(12-16-29)23(3)37(24(4)39)18-17-36(5)6/h9-16,19,21-23,34H,8,17-18,20H2,1-7H3/t22-,23?,34?/m1/s1. The number of nitrogens with zero attached hydrogens (tertiary/aromatic N) is 3. The summed E-state index contributed by atoms with van der Waals surface area (Å²) in [6, 6.07) is 19.1. The van der Waals surface area contributed by atoms with Crippen LogP contribution < -0.4 is 14.4 Å². The second kappa shape index (κ2) is 13.6. The number of rotatable bonds is 11. The number of ether oxygens (including phenoxy) is 2. The van der Waals surface area contributed by atoms with Crippen molar-refractivity contribution in [2.75, 3.05) is 39.2 Å². The van der Waals surface area contributed by atoms with Gasteiger partial charge in [0.2, 0.25) is 11.8 Å². The van der Waals surface area contributed by atoms with E-state index in [1.165, 1.54) is 0 Å². The van der Waals surface area contributed by atoms with Crippen molar-refractivity contribution in [3.8, 4) is 11.5 Å². The molecule has 3 aromatic rings. The fourth-order valence-electron chi connectivity index (χ4n) is 5.40. The van der Waals surface area contributed by atoms with Crippen LogP contribution in [0.25, 0.3) is 0 Å². The molecule has 0 radical (unpaired) electrons. The number of hydrogen-bond donors (Lipinski definition) is 0. The highest BCUT2D eigenvalue weighted by Crippen LogP contribution is 2.44. The third-order valence-electron chi connectivity index (χ3n) is 7.99. The molecule has 0 bridgehead atoms. The van der Waals surface area contributed by atoms with Crippen LogP contribution in [0.15, 0.2) is 60.7 Å². The van der Waals surface area contributed by atoms with Gasteiger partial charge in [-0.1, -0.05) is 42.8 Å². The molecule has 0 saturated heterocycles. The predicted molar refractivity (Wildman–Crippen MR) is 169 cm³/mol. The number of amides is 2. The summed E-state index contributed by atoms with van der Waals surface area (Å²) in [6.07, 6.45) is 1.10. The van der Waals surface area contributed by atoms with E-state index in [9.17, 15) is 9.59 Å². The zero-order valence-corrected chi connectivity index (χ0v) is 26.4. The number of halogens is 1. The Bertz CT molecular complexity index is 1390. The number of hydrogen-bond acceptors (Lipinski definition) is 5. The summed E-state index contributed by atoms with van der Waals surface area (Å²) in [6.45, 7) is 9.17. The number of carbonyl (C=O) groups excluding carboxylic acids is 2. The molecule has 7 nitrogen and oxygen atoms in total. The topological polar surface area (TPSA) is 62.3 Å². The van der Waals surface area contributed by atoms with Crippen molar-refractivity contribution in [3.63, 3.8) is 0 Å². The van der Waals surface area contributed by atoms with E-state index < -0.39 is 0 Å². The molecule has 224 valence electrons. The van der Waals surface area contributed by atoms with E-state index in [-0.39, 0.29) is 36.4 Å². The summed E-state index contributed by atoms with van der Waals surface area (Å²) in [5, 5.41) is 0.630. The second-order valence-electron chi connectivity index (χ2n) is 11.2. The first-order valence-electron chi connectivity index (χ1n) is 14.5. The highest BCUT2D eigenvalue weighted by Gasteiger charge is 2.36. The molecule has 0 N–H and O–H groups in total. The van der Waals surface area contributed by atoms with Gasteiger partial charge in [-0.3, -0.25) is 9.59 Å². The molecule has 8 heteroatoms. The molecule has 2 amide bonds. The molecule has 42 heavy (non-hydrogen) atoms. The molecule has 1 aliphatic rings. The van der Waals surface area contributed by atoms with Crippen LogP contribution in [0.2, 0.25) is 5.02 Å². The molecule has 4 rings (SSSR count). The van der Waals surface area contributed by atoms with Crippen molar-refractivity contribution in [1.82, 2.24) is 9.80 Å². The van der Waals surface area contributed by atoms with Crippen molar-refractivity contribution in [1.29, 1.82) is 0 Å². The van der Waals surface area contributed by atoms with Gasteiger partial charge in [-0.15, -0.1) is 0 Å². The Hall–Kier alpha value is -3.55. The molecule has 0 fully saturated rings. The van der Waals surface area contributed by atoms with Gasteiger partial charge in [0.1, 0.15) is 0 Å². The summed E-state index contributed by atoms with van der Waals surface area (Å²) in [5.41, 5.74) is 4.63. The smallest absolute Gasteiger partial charge is 0.232 e. The monoisotopic (exact) mass is 591 g/mol. The van der Waals surface area contributed by atoms with Crippen molar-refractivity contribution in [2.24, 2.45) is 0 Å². The van der Waals surface area contributed by atoms with Crippen LogP contribution in [0.3, 0.4) is 0 Å². The van der Waals surface area contributed by atoms with Crippen molar-refractivity contribution in [2.45, 2.75) is 58.7 Å². The zero-order chi connectivity index (χ0) is 30.6. The summed E-state index contributed by atoms with van der Waals surface area (Å²) in [5.74, 6) is 1.29. The van der Waals surface area contributed by atoms with E-state index in [4.69, 9.17) is 21.1 Å². The van der Waals surface area contributed by atoms with Gasteiger partial charge >= 0.3 is 0 Å². The number of benzene rings is 3. The highest BCUT2D eigenvalue weighted by molar-refractivity contribution is 6.30. The third kappa shape index (κ3) is 6.90. The van der Waals surface area contributed by atoms with Crippen LogP contribution >= 0.6 is 11.6 Å². The van der Waals surface area contributed by atoms with Gasteiger partial charge in [0, 0.05) is 30.7 Å². The van der Waals surface area contributed by atoms with Crippen LogP contribution in [0, 0.1) is 0 Å². The third-order valence-corrected chi connectivity index (χ3v) is 8.24. The molecule has 2 unspecified atom stereocenters. The number of likely N-dealkylation sites (N-methyl/N-ethyl adjacent to an activating group) is 1. The van der Waals surface area contributed by atoms with E-state index in [1.807, 2.05) is 98.4 Å². The Morgan fingerprint density at radius 1 is 1.02 bits per heavy atom. The van der Waals surface area contributed by atoms with E-state index in [0.717, 1.165) is 40.9 Å². The summed E-state index contributed by atoms with van der Waals surface area (Å²) in [4.78, 5) is 32.1. The van der Waals surface area contributed by atoms with E-state index >= 15 is 0 Å². The lowest BCUT2D eigenvalue weighted by atomic mass is 9.86. The quantitative estimate of drug-likeness (QED) is 0.249. The fourth-order valence-corrected chi connectivity index (χ4v) is 5.53. The fraction of sp³-hybridized carbons (Fsp3) is 0.412. The van der Waals surface area contributed by atoms with Gasteiger partial charge in [-0.2, -0.15) is 0 Å². The Kier molecular flexibility index (Phi) is 10.2. The first kappa shape index (κ1) is 31.4. The minimum Gasteiger partial charge on any atom is -0.493 e. The van der Waals surface area contributed by atoms with Crippen LogP contribution in [-0.4, -0.2) is 62.0 Å². The summed E-state index contributed by atoms with van der Waals surface area (Å²) in [7, 11) is 5.62. The van der Waals surface area contributed by atoms with Crippen LogP contribution in [0.5, 0.6) is 11.5 Å². The molecule has 3 aromatic carbocycles. The largest absolute Gasteiger partial charge is 0.493 e. The summed E-state index contributed by atoms with van der Waals surface area (Å²) < 4.78 is 11.9. The van der Waals surface area contributed by atoms with Gasteiger partial charge in [0.25, 0.3) is 0 Å². The van der Waals surface area contributed by atoms with Crippen molar-refractivity contribution in [3.05, 3.63) is 87.9 Å². The maximum atomic E-state index is 13.9. The molecular formula is C34H42ClN3O4. The molecule has 0 spiro atoms. The van der Waals surface area contributed by atoms with Crippen LogP contribution in [0.1, 0.15) is 68.5 Å². The molecular weight excluding hydrogens is 550 g/mol. The Labute approximate surface area is 255 Å². The molecule has 0 aromatic heterocycles. The first-order chi connectivity index (χ1) is 20.0.